The van der Waals surface area contributed by atoms with Crippen LogP contribution in [-0.4, -0.2) is 27.2 Å². The van der Waals surface area contributed by atoms with Crippen molar-refractivity contribution in [3.05, 3.63) is 0 Å². The van der Waals surface area contributed by atoms with Crippen LogP contribution in [0.15, 0.2) is 0 Å². The van der Waals surface area contributed by atoms with Gasteiger partial charge in [-0.3, -0.25) is 0 Å². The molecule has 1 N–H and O–H groups in total. The van der Waals surface area contributed by atoms with Crippen molar-refractivity contribution in [1.29, 1.82) is 0 Å². The summed E-state index contributed by atoms with van der Waals surface area (Å²) in [5.74, 6) is 0. The lowest BCUT2D eigenvalue weighted by atomic mass is 11.8. The summed E-state index contributed by atoms with van der Waals surface area (Å²) in [6.45, 7) is 7.30. The molecule has 0 radical (unpaired) electrons. The summed E-state index contributed by atoms with van der Waals surface area (Å²) in [4.78, 5) is 0. The standard InChI is InChI=1S/C3H15NSi3/c1-7(2,3)6-4-5/h4H,6H2,1-3,5H3. The summed E-state index contributed by atoms with van der Waals surface area (Å²) >= 11 is 0. The van der Waals surface area contributed by atoms with Gasteiger partial charge in [-0.1, -0.05) is 19.6 Å². The van der Waals surface area contributed by atoms with E-state index < -0.39 is 7.59 Å². The van der Waals surface area contributed by atoms with Crippen molar-refractivity contribution in [3.8, 4) is 0 Å². The number of hydrogen-bond acceptors (Lipinski definition) is 1. The van der Waals surface area contributed by atoms with Crippen molar-refractivity contribution in [2.45, 2.75) is 19.6 Å². The van der Waals surface area contributed by atoms with E-state index in [-0.39, 0.29) is 9.20 Å². The zero-order chi connectivity index (χ0) is 5.91. The lowest BCUT2D eigenvalue weighted by molar-refractivity contribution is 1.63. The molecule has 0 atom stereocenters. The first-order chi connectivity index (χ1) is 3.06. The smallest absolute Gasteiger partial charge is 0.0753 e. The summed E-state index contributed by atoms with van der Waals surface area (Å²) < 4.78 is 3.45. The molecular formula is C3H15NSi3. The molecule has 0 aliphatic carbocycles. The molecule has 0 aromatic rings. The van der Waals surface area contributed by atoms with Crippen molar-refractivity contribution >= 4 is 27.2 Å². The Kier molecular flexibility index (Phi) is 3.05. The molecule has 1 nitrogen and oxygen atoms in total. The fraction of sp³-hybridized carbons (Fsp3) is 1.00. The average molecular weight is 149 g/mol. The van der Waals surface area contributed by atoms with Crippen LogP contribution in [0, 0.1) is 0 Å². The van der Waals surface area contributed by atoms with Crippen molar-refractivity contribution in [2.75, 3.05) is 0 Å². The van der Waals surface area contributed by atoms with Gasteiger partial charge >= 0.3 is 0 Å². The molecule has 0 amide bonds. The van der Waals surface area contributed by atoms with E-state index >= 15 is 0 Å². The monoisotopic (exact) mass is 149 g/mol. The molecule has 0 heterocycles. The highest BCUT2D eigenvalue weighted by Crippen LogP contribution is 1.92. The molecule has 0 aliphatic rings. The van der Waals surface area contributed by atoms with E-state index in [1.165, 1.54) is 10.4 Å². The Morgan fingerprint density at radius 2 is 1.86 bits per heavy atom. The van der Waals surface area contributed by atoms with Crippen LogP contribution in [0.1, 0.15) is 0 Å². The van der Waals surface area contributed by atoms with Gasteiger partial charge in [0.25, 0.3) is 0 Å². The lowest BCUT2D eigenvalue weighted by Gasteiger charge is -2.12. The van der Waals surface area contributed by atoms with Gasteiger partial charge < -0.3 is 4.65 Å². The zero-order valence-corrected chi connectivity index (χ0v) is 10.1. The van der Waals surface area contributed by atoms with Crippen LogP contribution in [-0.2, 0) is 0 Å². The van der Waals surface area contributed by atoms with Gasteiger partial charge in [-0.05, 0) is 0 Å². The van der Waals surface area contributed by atoms with Gasteiger partial charge in [-0.15, -0.1) is 0 Å². The average Bonchev–Trinajstić information content (AvgIpc) is 1.30. The van der Waals surface area contributed by atoms with Gasteiger partial charge in [0.1, 0.15) is 0 Å². The maximum absolute atomic E-state index is 3.45. The first-order valence-corrected chi connectivity index (χ1v) is 10.2. The fourth-order valence-electron chi connectivity index (χ4n) is 0.530. The van der Waals surface area contributed by atoms with Crippen LogP contribution in [0.5, 0.6) is 0 Å². The van der Waals surface area contributed by atoms with Crippen molar-refractivity contribution < 1.29 is 0 Å². The molecule has 4 heteroatoms. The second-order valence-electron chi connectivity index (χ2n) is 3.09. The molecule has 0 aliphatic heterocycles. The zero-order valence-electron chi connectivity index (χ0n) is 5.71. The Morgan fingerprint density at radius 1 is 1.43 bits per heavy atom. The van der Waals surface area contributed by atoms with Crippen molar-refractivity contribution in [3.63, 3.8) is 0 Å². The van der Waals surface area contributed by atoms with E-state index in [1.54, 1.807) is 0 Å². The second kappa shape index (κ2) is 2.81. The Balaban J connectivity index is 3.15. The van der Waals surface area contributed by atoms with Crippen LogP contribution >= 0.6 is 0 Å². The van der Waals surface area contributed by atoms with Crippen molar-refractivity contribution in [1.82, 2.24) is 4.65 Å². The number of hydrogen-bond donors (Lipinski definition) is 1. The molecule has 0 fully saturated rings. The van der Waals surface area contributed by atoms with Gasteiger partial charge in [0.15, 0.2) is 0 Å². The van der Waals surface area contributed by atoms with E-state index in [4.69, 9.17) is 0 Å². The van der Waals surface area contributed by atoms with E-state index in [0.717, 1.165) is 0 Å². The highest BCUT2D eigenvalue weighted by atomic mass is 29.2. The summed E-state index contributed by atoms with van der Waals surface area (Å²) in [5.41, 5.74) is 0. The van der Waals surface area contributed by atoms with Gasteiger partial charge in [-0.2, -0.15) is 0 Å². The molecule has 0 aromatic carbocycles. The number of nitrogens with one attached hydrogen (secondary N) is 1. The molecule has 44 valence electrons. The third-order valence-corrected chi connectivity index (χ3v) is 9.55. The molecule has 0 aromatic heterocycles. The minimum Gasteiger partial charge on any atom is -0.374 e. The molecule has 0 unspecified atom stereocenters. The first-order valence-electron chi connectivity index (χ1n) is 2.71. The fourth-order valence-corrected chi connectivity index (χ4v) is 14.3. The highest BCUT2D eigenvalue weighted by Gasteiger charge is 2.10. The quantitative estimate of drug-likeness (QED) is 0.485. The van der Waals surface area contributed by atoms with Gasteiger partial charge in [0, 0.05) is 7.59 Å². The Bertz CT molecular complexity index is 48.6. The van der Waals surface area contributed by atoms with Crippen LogP contribution in [0.3, 0.4) is 0 Å². The van der Waals surface area contributed by atoms with Crippen LogP contribution in [0.2, 0.25) is 19.6 Å². The third-order valence-electron chi connectivity index (χ3n) is 0.707. The first kappa shape index (κ1) is 7.61. The van der Waals surface area contributed by atoms with Crippen LogP contribution in [0.25, 0.3) is 0 Å². The molecule has 0 rings (SSSR count). The van der Waals surface area contributed by atoms with Gasteiger partial charge in [0.2, 0.25) is 0 Å². The summed E-state index contributed by atoms with van der Waals surface area (Å²) in [7, 11) is 0.832. The highest BCUT2D eigenvalue weighted by molar-refractivity contribution is 7.22. The normalized spacial score (nSPS) is 14.1. The van der Waals surface area contributed by atoms with Crippen LogP contribution < -0.4 is 4.65 Å². The summed E-state index contributed by atoms with van der Waals surface area (Å²) in [6, 6.07) is 0. The topological polar surface area (TPSA) is 12.0 Å². The minimum absolute atomic E-state index is 0.211. The summed E-state index contributed by atoms with van der Waals surface area (Å²) in [5, 5.41) is 0. The molecule has 0 spiro atoms. The van der Waals surface area contributed by atoms with Gasteiger partial charge in [0.05, 0.1) is 19.6 Å². The Labute approximate surface area is 52.1 Å². The lowest BCUT2D eigenvalue weighted by Crippen LogP contribution is -2.39. The Morgan fingerprint density at radius 3 is 1.86 bits per heavy atom. The molecule has 0 bridgehead atoms. The predicted molar refractivity (Wildman–Crippen MR) is 45.0 cm³/mol. The summed E-state index contributed by atoms with van der Waals surface area (Å²) in [6.07, 6.45) is 0. The van der Waals surface area contributed by atoms with Gasteiger partial charge in [-0.25, -0.2) is 0 Å². The molecular weight excluding hydrogens is 134 g/mol. The number of rotatable bonds is 2. The maximum atomic E-state index is 3.45. The van der Waals surface area contributed by atoms with E-state index in [9.17, 15) is 0 Å². The van der Waals surface area contributed by atoms with Crippen molar-refractivity contribution in [2.24, 2.45) is 0 Å². The van der Waals surface area contributed by atoms with Crippen LogP contribution in [0.4, 0.5) is 0 Å². The minimum atomic E-state index is -0.595. The largest absolute Gasteiger partial charge is 0.374 e. The third kappa shape index (κ3) is 6.61. The van der Waals surface area contributed by atoms with E-state index in [1.807, 2.05) is 0 Å². The SMILES string of the molecule is C[Si](C)(C)[SiH2]N[SiH3]. The second-order valence-corrected chi connectivity index (χ2v) is 18.8. The van der Waals surface area contributed by atoms with E-state index in [0.29, 0.717) is 0 Å². The Hall–Kier alpha value is 0.611. The molecule has 0 saturated carbocycles. The molecule has 7 heavy (non-hydrogen) atoms. The maximum Gasteiger partial charge on any atom is 0.0753 e. The van der Waals surface area contributed by atoms with E-state index in [2.05, 4.69) is 24.3 Å². The predicted octanol–water partition coefficient (Wildman–Crippen LogP) is -1.22. The molecule has 0 saturated heterocycles.